The van der Waals surface area contributed by atoms with Crippen LogP contribution in [0.25, 0.3) is 0 Å². The van der Waals surface area contributed by atoms with E-state index in [4.69, 9.17) is 4.42 Å². The first kappa shape index (κ1) is 17.8. The second kappa shape index (κ2) is 8.94. The van der Waals surface area contributed by atoms with Crippen molar-refractivity contribution in [3.8, 4) is 0 Å². The minimum Gasteiger partial charge on any atom is -0.459 e. The van der Waals surface area contributed by atoms with Crippen molar-refractivity contribution >= 4 is 17.6 Å². The molecule has 138 valence electrons. The Bertz CT molecular complexity index is 730. The molecule has 1 aliphatic rings. The van der Waals surface area contributed by atoms with Gasteiger partial charge in [-0.05, 0) is 36.6 Å². The van der Waals surface area contributed by atoms with Crippen molar-refractivity contribution in [2.45, 2.75) is 12.8 Å². The number of anilines is 1. The molecule has 0 saturated carbocycles. The summed E-state index contributed by atoms with van der Waals surface area (Å²) in [5, 5.41) is 8.23. The maximum atomic E-state index is 11.7. The number of hydrogen-bond donors (Lipinski definition) is 3. The summed E-state index contributed by atoms with van der Waals surface area (Å²) in [5.41, 5.74) is 2.71. The molecule has 1 aromatic carbocycles. The number of carbonyl (C=O) groups excluding carboxylic acids is 2. The molecule has 3 N–H and O–H groups in total. The fraction of sp³-hybridized carbons (Fsp3) is 0.368. The van der Waals surface area contributed by atoms with E-state index >= 15 is 0 Å². The van der Waals surface area contributed by atoms with E-state index in [0.717, 1.165) is 25.9 Å². The smallest absolute Gasteiger partial charge is 0.314 e. The van der Waals surface area contributed by atoms with Gasteiger partial charge in [0, 0.05) is 38.4 Å². The largest absolute Gasteiger partial charge is 0.459 e. The van der Waals surface area contributed by atoms with Gasteiger partial charge in [0.15, 0.2) is 5.76 Å². The Kier molecular flexibility index (Phi) is 6.14. The van der Waals surface area contributed by atoms with Gasteiger partial charge in [-0.25, -0.2) is 4.79 Å². The van der Waals surface area contributed by atoms with Crippen molar-refractivity contribution in [2.24, 2.45) is 0 Å². The van der Waals surface area contributed by atoms with E-state index < -0.39 is 0 Å². The zero-order valence-corrected chi connectivity index (χ0v) is 14.7. The zero-order valence-electron chi connectivity index (χ0n) is 14.7. The lowest BCUT2D eigenvalue weighted by Crippen LogP contribution is -2.41. The topological polar surface area (TPSA) is 86.6 Å². The summed E-state index contributed by atoms with van der Waals surface area (Å²) >= 11 is 0. The number of hydrogen-bond acceptors (Lipinski definition) is 4. The predicted molar refractivity (Wildman–Crippen MR) is 99.4 cm³/mol. The summed E-state index contributed by atoms with van der Waals surface area (Å²) in [4.78, 5) is 25.7. The highest BCUT2D eigenvalue weighted by Gasteiger charge is 2.17. The maximum Gasteiger partial charge on any atom is 0.314 e. The predicted octanol–water partition coefficient (Wildman–Crippen LogP) is 1.76. The minimum atomic E-state index is -0.289. The molecular weight excluding hydrogens is 332 g/mol. The van der Waals surface area contributed by atoms with Crippen LogP contribution in [0.5, 0.6) is 0 Å². The molecule has 0 spiro atoms. The highest BCUT2D eigenvalue weighted by Crippen LogP contribution is 2.27. The number of rotatable bonds is 8. The van der Waals surface area contributed by atoms with Gasteiger partial charge in [-0.15, -0.1) is 0 Å². The van der Waals surface area contributed by atoms with Gasteiger partial charge in [0.25, 0.3) is 5.91 Å². The van der Waals surface area contributed by atoms with E-state index in [1.165, 1.54) is 17.5 Å². The SMILES string of the molecule is O=C(NCCCN1CCc2ccccc21)NCCNC(=O)c1ccco1. The number of nitrogens with one attached hydrogen (secondary N) is 3. The van der Waals surface area contributed by atoms with E-state index in [0.29, 0.717) is 19.6 Å². The number of furan rings is 1. The Labute approximate surface area is 152 Å². The van der Waals surface area contributed by atoms with Crippen LogP contribution in [-0.4, -0.2) is 44.7 Å². The molecule has 0 saturated heterocycles. The van der Waals surface area contributed by atoms with Crippen molar-refractivity contribution in [2.75, 3.05) is 37.6 Å². The monoisotopic (exact) mass is 356 g/mol. The highest BCUT2D eigenvalue weighted by molar-refractivity contribution is 5.91. The molecule has 3 amide bonds. The summed E-state index contributed by atoms with van der Waals surface area (Å²) in [6.45, 7) is 3.29. The van der Waals surface area contributed by atoms with Crippen LogP contribution < -0.4 is 20.9 Å². The van der Waals surface area contributed by atoms with E-state index in [-0.39, 0.29) is 17.7 Å². The fourth-order valence-electron chi connectivity index (χ4n) is 3.02. The summed E-state index contributed by atoms with van der Waals surface area (Å²) in [5.74, 6) is -0.0268. The first-order valence-corrected chi connectivity index (χ1v) is 8.90. The van der Waals surface area contributed by atoms with E-state index in [1.54, 1.807) is 12.1 Å². The fourth-order valence-corrected chi connectivity index (χ4v) is 3.02. The van der Waals surface area contributed by atoms with Crippen molar-refractivity contribution in [1.29, 1.82) is 0 Å². The number of para-hydroxylation sites is 1. The summed E-state index contributed by atoms with van der Waals surface area (Å²) in [6, 6.07) is 11.5. The molecule has 0 aliphatic carbocycles. The van der Waals surface area contributed by atoms with Gasteiger partial charge in [-0.3, -0.25) is 4.79 Å². The first-order chi connectivity index (χ1) is 12.7. The average molecular weight is 356 g/mol. The van der Waals surface area contributed by atoms with Crippen molar-refractivity contribution < 1.29 is 14.0 Å². The lowest BCUT2D eigenvalue weighted by atomic mass is 10.2. The number of urea groups is 1. The molecule has 0 atom stereocenters. The van der Waals surface area contributed by atoms with Gasteiger partial charge in [-0.1, -0.05) is 18.2 Å². The van der Waals surface area contributed by atoms with Crippen LogP contribution in [0.2, 0.25) is 0 Å². The standard InChI is InChI=1S/C19H24N4O3/c24-18(17-7-3-14-26-17)20-10-11-22-19(25)21-9-4-12-23-13-8-15-5-1-2-6-16(15)23/h1-3,5-7,14H,4,8-13H2,(H,20,24)(H2,21,22,25). The van der Waals surface area contributed by atoms with Crippen LogP contribution in [0.15, 0.2) is 47.1 Å². The van der Waals surface area contributed by atoms with Crippen molar-refractivity contribution in [3.63, 3.8) is 0 Å². The molecule has 0 fully saturated rings. The number of fused-ring (bicyclic) bond motifs is 1. The number of amides is 3. The molecule has 2 heterocycles. The third-order valence-electron chi connectivity index (χ3n) is 4.31. The minimum absolute atomic E-state index is 0.223. The van der Waals surface area contributed by atoms with Gasteiger partial charge in [0.1, 0.15) is 0 Å². The van der Waals surface area contributed by atoms with Gasteiger partial charge >= 0.3 is 6.03 Å². The Morgan fingerprint density at radius 2 is 1.81 bits per heavy atom. The molecule has 26 heavy (non-hydrogen) atoms. The van der Waals surface area contributed by atoms with Crippen LogP contribution in [0.3, 0.4) is 0 Å². The molecule has 0 bridgehead atoms. The van der Waals surface area contributed by atoms with Crippen LogP contribution >= 0.6 is 0 Å². The normalized spacial score (nSPS) is 12.5. The van der Waals surface area contributed by atoms with Gasteiger partial charge < -0.3 is 25.3 Å². The van der Waals surface area contributed by atoms with Crippen LogP contribution in [0, 0.1) is 0 Å². The molecule has 1 aromatic heterocycles. The lowest BCUT2D eigenvalue weighted by molar-refractivity contribution is 0.0926. The quantitative estimate of drug-likeness (QED) is 0.629. The molecule has 2 aromatic rings. The molecule has 1 aliphatic heterocycles. The summed E-state index contributed by atoms with van der Waals surface area (Å²) < 4.78 is 4.99. The summed E-state index contributed by atoms with van der Waals surface area (Å²) in [7, 11) is 0. The number of nitrogens with zero attached hydrogens (tertiary/aromatic N) is 1. The number of carbonyl (C=O) groups is 2. The number of benzene rings is 1. The maximum absolute atomic E-state index is 11.7. The first-order valence-electron chi connectivity index (χ1n) is 8.90. The lowest BCUT2D eigenvalue weighted by Gasteiger charge is -2.19. The molecule has 0 unspecified atom stereocenters. The molecule has 3 rings (SSSR count). The van der Waals surface area contributed by atoms with Crippen LogP contribution in [0.1, 0.15) is 22.5 Å². The van der Waals surface area contributed by atoms with E-state index in [9.17, 15) is 9.59 Å². The third-order valence-corrected chi connectivity index (χ3v) is 4.31. The second-order valence-corrected chi connectivity index (χ2v) is 6.14. The average Bonchev–Trinajstić information content (AvgIpc) is 3.32. The van der Waals surface area contributed by atoms with Gasteiger partial charge in [0.05, 0.1) is 6.26 Å². The Hall–Kier alpha value is -2.96. The zero-order chi connectivity index (χ0) is 18.2. The van der Waals surface area contributed by atoms with Crippen LogP contribution in [0.4, 0.5) is 10.5 Å². The van der Waals surface area contributed by atoms with Gasteiger partial charge in [0.2, 0.25) is 0 Å². The van der Waals surface area contributed by atoms with E-state index in [1.807, 2.05) is 0 Å². The Morgan fingerprint density at radius 1 is 1.00 bits per heavy atom. The third kappa shape index (κ3) is 4.78. The summed E-state index contributed by atoms with van der Waals surface area (Å²) in [6.07, 6.45) is 3.42. The Morgan fingerprint density at radius 3 is 2.65 bits per heavy atom. The second-order valence-electron chi connectivity index (χ2n) is 6.14. The van der Waals surface area contributed by atoms with Crippen molar-refractivity contribution in [1.82, 2.24) is 16.0 Å². The molecule has 7 nitrogen and oxygen atoms in total. The van der Waals surface area contributed by atoms with Gasteiger partial charge in [-0.2, -0.15) is 0 Å². The van der Waals surface area contributed by atoms with Crippen LogP contribution in [-0.2, 0) is 6.42 Å². The van der Waals surface area contributed by atoms with E-state index in [2.05, 4.69) is 45.1 Å². The Balaban J connectivity index is 1.24. The molecular formula is C19H24N4O3. The highest BCUT2D eigenvalue weighted by atomic mass is 16.3. The molecule has 0 radical (unpaired) electrons. The van der Waals surface area contributed by atoms with Crippen molar-refractivity contribution in [3.05, 3.63) is 54.0 Å². The molecule has 7 heteroatoms.